The molecule has 4 N–H and O–H groups in total. The summed E-state index contributed by atoms with van der Waals surface area (Å²) in [6, 6.07) is -0.894. The Morgan fingerprint density at radius 1 is 1.24 bits per heavy atom. The molecule has 2 aliphatic heterocycles. The first kappa shape index (κ1) is 19.7. The summed E-state index contributed by atoms with van der Waals surface area (Å²) in [6.07, 6.45) is 0.304. The molecule has 0 aliphatic carbocycles. The van der Waals surface area contributed by atoms with Gasteiger partial charge < -0.3 is 16.0 Å². The minimum Gasteiger partial charge on any atom is -0.354 e. The molecule has 25 heavy (non-hydrogen) atoms. The largest absolute Gasteiger partial charge is 0.354 e. The molecule has 0 radical (unpaired) electrons. The van der Waals surface area contributed by atoms with Crippen molar-refractivity contribution in [1.82, 2.24) is 26.2 Å². The molecule has 8 heteroatoms. The molecular formula is C17H31N5O3. The molecule has 8 nitrogen and oxygen atoms in total. The summed E-state index contributed by atoms with van der Waals surface area (Å²) >= 11 is 0. The summed E-state index contributed by atoms with van der Waals surface area (Å²) in [4.78, 5) is 38.4. The number of carbonyl (C=O) groups is 3. The molecule has 2 aliphatic rings. The summed E-state index contributed by atoms with van der Waals surface area (Å²) in [6.45, 7) is 11.6. The number of carbonyl (C=O) groups excluding carboxylic acids is 3. The van der Waals surface area contributed by atoms with Crippen molar-refractivity contribution in [3.05, 3.63) is 0 Å². The maximum atomic E-state index is 12.6. The average molecular weight is 353 g/mol. The average Bonchev–Trinajstić information content (AvgIpc) is 3.01. The number of hydrogen-bond donors (Lipinski definition) is 4. The molecule has 2 atom stereocenters. The lowest BCUT2D eigenvalue weighted by Crippen LogP contribution is -2.49. The Labute approximate surface area is 149 Å². The van der Waals surface area contributed by atoms with Gasteiger partial charge in [0.2, 0.25) is 5.91 Å². The van der Waals surface area contributed by atoms with Gasteiger partial charge in [-0.2, -0.15) is 0 Å². The van der Waals surface area contributed by atoms with Crippen LogP contribution in [0.25, 0.3) is 0 Å². The highest BCUT2D eigenvalue weighted by atomic mass is 16.2. The first-order chi connectivity index (χ1) is 11.7. The van der Waals surface area contributed by atoms with Gasteiger partial charge in [0.15, 0.2) is 0 Å². The van der Waals surface area contributed by atoms with Gasteiger partial charge in [0, 0.05) is 32.6 Å². The Hall–Kier alpha value is -1.67. The summed E-state index contributed by atoms with van der Waals surface area (Å²) in [5, 5.41) is 11.3. The maximum absolute atomic E-state index is 12.6. The van der Waals surface area contributed by atoms with Crippen LogP contribution < -0.4 is 21.3 Å². The highest BCUT2D eigenvalue weighted by Gasteiger charge is 2.55. The van der Waals surface area contributed by atoms with Gasteiger partial charge in [-0.1, -0.05) is 27.7 Å². The molecule has 2 rings (SSSR count). The molecule has 2 fully saturated rings. The maximum Gasteiger partial charge on any atom is 0.322 e. The number of imide groups is 1. The fourth-order valence-corrected chi connectivity index (χ4v) is 3.29. The van der Waals surface area contributed by atoms with Gasteiger partial charge in [-0.3, -0.25) is 19.8 Å². The van der Waals surface area contributed by atoms with Crippen LogP contribution in [0.4, 0.5) is 4.79 Å². The normalized spacial score (nSPS) is 26.6. The highest BCUT2D eigenvalue weighted by Crippen LogP contribution is 2.29. The van der Waals surface area contributed by atoms with Crippen molar-refractivity contribution in [2.45, 2.75) is 45.7 Å². The van der Waals surface area contributed by atoms with E-state index in [0.717, 1.165) is 13.1 Å². The smallest absolute Gasteiger partial charge is 0.322 e. The van der Waals surface area contributed by atoms with E-state index in [0.29, 0.717) is 37.9 Å². The number of amides is 4. The predicted octanol–water partition coefficient (Wildman–Crippen LogP) is -0.343. The fourth-order valence-electron chi connectivity index (χ4n) is 3.29. The van der Waals surface area contributed by atoms with Crippen molar-refractivity contribution >= 4 is 17.8 Å². The van der Waals surface area contributed by atoms with E-state index in [4.69, 9.17) is 0 Å². The second-order valence-corrected chi connectivity index (χ2v) is 7.92. The Kier molecular flexibility index (Phi) is 6.40. The van der Waals surface area contributed by atoms with Gasteiger partial charge in [0.25, 0.3) is 5.91 Å². The number of likely N-dealkylation sites (tertiary alicyclic amines) is 1. The topological polar surface area (TPSA) is 103 Å². The third kappa shape index (κ3) is 4.92. The van der Waals surface area contributed by atoms with E-state index in [1.165, 1.54) is 0 Å². The Bertz CT molecular complexity index is 522. The van der Waals surface area contributed by atoms with Gasteiger partial charge in [0.05, 0.1) is 6.04 Å². The molecule has 4 amide bonds. The van der Waals surface area contributed by atoms with E-state index in [1.807, 2.05) is 18.7 Å². The molecule has 0 aromatic rings. The molecule has 2 saturated heterocycles. The second-order valence-electron chi connectivity index (χ2n) is 7.92. The molecule has 2 heterocycles. The molecule has 0 aromatic carbocycles. The van der Waals surface area contributed by atoms with Crippen LogP contribution in [0.5, 0.6) is 0 Å². The van der Waals surface area contributed by atoms with Crippen molar-refractivity contribution in [2.24, 2.45) is 11.8 Å². The Morgan fingerprint density at radius 2 is 1.92 bits per heavy atom. The summed E-state index contributed by atoms with van der Waals surface area (Å²) in [5.41, 5.74) is -0.991. The zero-order valence-corrected chi connectivity index (χ0v) is 15.6. The third-order valence-electron chi connectivity index (χ3n) is 4.59. The monoisotopic (exact) mass is 353 g/mol. The number of urea groups is 1. The lowest BCUT2D eigenvalue weighted by Gasteiger charge is -2.24. The van der Waals surface area contributed by atoms with Gasteiger partial charge >= 0.3 is 6.03 Å². The minimum absolute atomic E-state index is 0.0802. The Balaban J connectivity index is 2.02. The zero-order chi connectivity index (χ0) is 18.6. The molecule has 0 bridgehead atoms. The number of nitrogens with zero attached hydrogens (tertiary/aromatic N) is 1. The van der Waals surface area contributed by atoms with Crippen LogP contribution in [-0.2, 0) is 9.59 Å². The second kappa shape index (κ2) is 8.14. The van der Waals surface area contributed by atoms with Crippen molar-refractivity contribution in [1.29, 1.82) is 0 Å². The van der Waals surface area contributed by atoms with Crippen molar-refractivity contribution in [3.63, 3.8) is 0 Å². The lowest BCUT2D eigenvalue weighted by atomic mass is 9.96. The minimum atomic E-state index is -0.991. The van der Waals surface area contributed by atoms with Crippen LogP contribution in [0.2, 0.25) is 0 Å². The van der Waals surface area contributed by atoms with Gasteiger partial charge in [0.1, 0.15) is 5.54 Å². The van der Waals surface area contributed by atoms with E-state index >= 15 is 0 Å². The summed E-state index contributed by atoms with van der Waals surface area (Å²) < 4.78 is 0. The number of nitrogens with one attached hydrogen (secondary N) is 4. The molecule has 0 saturated carbocycles. The van der Waals surface area contributed by atoms with Gasteiger partial charge in [-0.25, -0.2) is 4.79 Å². The van der Waals surface area contributed by atoms with Crippen LogP contribution in [0.3, 0.4) is 0 Å². The summed E-state index contributed by atoms with van der Waals surface area (Å²) in [7, 11) is 0. The molecular weight excluding hydrogens is 322 g/mol. The van der Waals surface area contributed by atoms with Crippen molar-refractivity contribution in [2.75, 3.05) is 32.7 Å². The van der Waals surface area contributed by atoms with E-state index in [-0.39, 0.29) is 11.8 Å². The van der Waals surface area contributed by atoms with Crippen LogP contribution >= 0.6 is 0 Å². The molecule has 142 valence electrons. The van der Waals surface area contributed by atoms with Gasteiger partial charge in [-0.15, -0.1) is 0 Å². The van der Waals surface area contributed by atoms with E-state index in [1.54, 1.807) is 0 Å². The van der Waals surface area contributed by atoms with E-state index in [2.05, 4.69) is 35.1 Å². The Morgan fingerprint density at radius 3 is 2.48 bits per heavy atom. The molecule has 0 unspecified atom stereocenters. The first-order valence-electron chi connectivity index (χ1n) is 9.09. The number of rotatable bonds is 8. The molecule has 1 spiro atoms. The number of hydrogen-bond acceptors (Lipinski definition) is 5. The fraction of sp³-hybridized carbons (Fsp3) is 0.824. The van der Waals surface area contributed by atoms with Crippen LogP contribution in [0.1, 0.15) is 34.1 Å². The van der Waals surface area contributed by atoms with Crippen molar-refractivity contribution in [3.8, 4) is 0 Å². The quantitative estimate of drug-likeness (QED) is 0.353. The van der Waals surface area contributed by atoms with Crippen LogP contribution in [0, 0.1) is 11.8 Å². The van der Waals surface area contributed by atoms with Crippen molar-refractivity contribution < 1.29 is 14.4 Å². The SMILES string of the molecule is CC(C)CNCCN1C[C@]2(C[C@H]1C(=O)NCC(C)C)NC(=O)NC2=O. The van der Waals surface area contributed by atoms with Gasteiger partial charge in [-0.05, 0) is 18.4 Å². The third-order valence-corrected chi connectivity index (χ3v) is 4.59. The van der Waals surface area contributed by atoms with E-state index < -0.39 is 17.6 Å². The van der Waals surface area contributed by atoms with Crippen LogP contribution in [0.15, 0.2) is 0 Å². The predicted molar refractivity (Wildman–Crippen MR) is 94.9 cm³/mol. The van der Waals surface area contributed by atoms with E-state index in [9.17, 15) is 14.4 Å². The zero-order valence-electron chi connectivity index (χ0n) is 15.6. The summed E-state index contributed by atoms with van der Waals surface area (Å²) in [5.74, 6) is 0.491. The highest BCUT2D eigenvalue weighted by molar-refractivity contribution is 6.08. The lowest BCUT2D eigenvalue weighted by molar-refractivity contribution is -0.125. The first-order valence-corrected chi connectivity index (χ1v) is 9.09. The van der Waals surface area contributed by atoms with Crippen LogP contribution in [-0.4, -0.2) is 67.0 Å². The standard InChI is InChI=1S/C17H31N5O3/c1-11(2)8-18-5-6-22-10-17(15(24)20-16(25)21-17)7-13(22)14(23)19-9-12(3)4/h11-13,18H,5-10H2,1-4H3,(H,19,23)(H2,20,21,24,25)/t13-,17-/m0/s1. The molecule has 0 aromatic heterocycles.